The number of hydrogen-bond donors (Lipinski definition) is 0. The number of benzene rings is 1. The SMILES string of the molecule is COc1ccc(C2(N=C=O)CCC2)cc1C(F)(F)F. The Balaban J connectivity index is 2.52. The smallest absolute Gasteiger partial charge is 0.419 e. The van der Waals surface area contributed by atoms with Crippen molar-refractivity contribution in [3.05, 3.63) is 29.3 Å². The summed E-state index contributed by atoms with van der Waals surface area (Å²) in [5.74, 6) is -0.235. The highest BCUT2D eigenvalue weighted by molar-refractivity contribution is 5.45. The standard InChI is InChI=1S/C13H12F3NO2/c1-19-11-4-3-9(7-10(11)13(14,15)16)12(17-8-18)5-2-6-12/h3-4,7H,2,5-6H2,1H3. The zero-order valence-corrected chi connectivity index (χ0v) is 10.3. The number of isocyanates is 1. The largest absolute Gasteiger partial charge is 0.496 e. The molecule has 0 aromatic heterocycles. The van der Waals surface area contributed by atoms with Gasteiger partial charge in [0, 0.05) is 0 Å². The molecule has 0 atom stereocenters. The molecular weight excluding hydrogens is 259 g/mol. The van der Waals surface area contributed by atoms with Crippen molar-refractivity contribution in [3.63, 3.8) is 0 Å². The van der Waals surface area contributed by atoms with Crippen LogP contribution < -0.4 is 4.74 Å². The van der Waals surface area contributed by atoms with Crippen LogP contribution >= 0.6 is 0 Å². The number of methoxy groups -OCH3 is 1. The average molecular weight is 271 g/mol. The molecule has 0 radical (unpaired) electrons. The maximum atomic E-state index is 12.9. The zero-order chi connectivity index (χ0) is 14.1. The third-order valence-corrected chi connectivity index (χ3v) is 3.48. The van der Waals surface area contributed by atoms with Crippen LogP contribution in [0.25, 0.3) is 0 Å². The second-order valence-electron chi connectivity index (χ2n) is 4.50. The van der Waals surface area contributed by atoms with Gasteiger partial charge in [-0.25, -0.2) is 4.79 Å². The molecule has 102 valence electrons. The Kier molecular flexibility index (Phi) is 3.37. The van der Waals surface area contributed by atoms with Crippen molar-refractivity contribution in [2.75, 3.05) is 7.11 Å². The van der Waals surface area contributed by atoms with Crippen molar-refractivity contribution in [1.82, 2.24) is 0 Å². The summed E-state index contributed by atoms with van der Waals surface area (Å²) in [6, 6.07) is 3.80. The minimum absolute atomic E-state index is 0.235. The lowest BCUT2D eigenvalue weighted by atomic mass is 9.72. The summed E-state index contributed by atoms with van der Waals surface area (Å²) in [5.41, 5.74) is -1.30. The first-order chi connectivity index (χ1) is 8.93. The van der Waals surface area contributed by atoms with Gasteiger partial charge in [-0.05, 0) is 37.0 Å². The molecule has 0 aliphatic heterocycles. The van der Waals surface area contributed by atoms with E-state index in [2.05, 4.69) is 4.99 Å². The van der Waals surface area contributed by atoms with Crippen molar-refractivity contribution in [2.45, 2.75) is 31.0 Å². The first-order valence-electron chi connectivity index (χ1n) is 5.78. The summed E-state index contributed by atoms with van der Waals surface area (Å²) in [6.07, 6.45) is -1.09. The number of rotatable bonds is 3. The van der Waals surface area contributed by atoms with Crippen molar-refractivity contribution in [3.8, 4) is 5.75 Å². The van der Waals surface area contributed by atoms with Crippen LogP contribution in [0, 0.1) is 0 Å². The van der Waals surface area contributed by atoms with E-state index in [0.29, 0.717) is 18.4 Å². The molecule has 1 aliphatic rings. The van der Waals surface area contributed by atoms with Gasteiger partial charge in [0.05, 0.1) is 18.2 Å². The molecule has 6 heteroatoms. The minimum Gasteiger partial charge on any atom is -0.496 e. The predicted molar refractivity (Wildman–Crippen MR) is 61.6 cm³/mol. The lowest BCUT2D eigenvalue weighted by Crippen LogP contribution is -2.32. The van der Waals surface area contributed by atoms with Gasteiger partial charge in [0.15, 0.2) is 0 Å². The second-order valence-corrected chi connectivity index (χ2v) is 4.50. The van der Waals surface area contributed by atoms with Crippen LogP contribution in [0.4, 0.5) is 13.2 Å². The van der Waals surface area contributed by atoms with Crippen LogP contribution in [0.2, 0.25) is 0 Å². The molecule has 0 bridgehead atoms. The summed E-state index contributed by atoms with van der Waals surface area (Å²) >= 11 is 0. The predicted octanol–water partition coefficient (Wildman–Crippen LogP) is 3.43. The molecule has 0 heterocycles. The van der Waals surface area contributed by atoms with Crippen LogP contribution in [0.3, 0.4) is 0 Å². The van der Waals surface area contributed by atoms with E-state index in [0.717, 1.165) is 12.5 Å². The van der Waals surface area contributed by atoms with Gasteiger partial charge in [-0.3, -0.25) is 0 Å². The first kappa shape index (κ1) is 13.6. The van der Waals surface area contributed by atoms with Crippen molar-refractivity contribution in [2.24, 2.45) is 4.99 Å². The quantitative estimate of drug-likeness (QED) is 0.624. The topological polar surface area (TPSA) is 38.7 Å². The van der Waals surface area contributed by atoms with Crippen LogP contribution in [-0.2, 0) is 16.5 Å². The molecular formula is C13H12F3NO2. The van der Waals surface area contributed by atoms with Crippen LogP contribution in [-0.4, -0.2) is 13.2 Å². The molecule has 1 aromatic rings. The molecule has 2 rings (SSSR count). The Morgan fingerprint density at radius 3 is 2.47 bits per heavy atom. The average Bonchev–Trinajstić information content (AvgIpc) is 2.32. The number of carbonyl (C=O) groups excluding carboxylic acids is 1. The fourth-order valence-corrected chi connectivity index (χ4v) is 2.28. The highest BCUT2D eigenvalue weighted by Gasteiger charge is 2.42. The van der Waals surface area contributed by atoms with Gasteiger partial charge in [-0.15, -0.1) is 0 Å². The van der Waals surface area contributed by atoms with E-state index in [1.165, 1.54) is 25.3 Å². The number of halogens is 3. The Bertz CT molecular complexity index is 529. The monoisotopic (exact) mass is 271 g/mol. The van der Waals surface area contributed by atoms with Crippen LogP contribution in [0.1, 0.15) is 30.4 Å². The van der Waals surface area contributed by atoms with E-state index < -0.39 is 17.3 Å². The third kappa shape index (κ3) is 2.36. The molecule has 19 heavy (non-hydrogen) atoms. The van der Waals surface area contributed by atoms with Gasteiger partial charge in [0.2, 0.25) is 6.08 Å². The minimum atomic E-state index is -4.50. The van der Waals surface area contributed by atoms with E-state index in [9.17, 15) is 18.0 Å². The molecule has 3 nitrogen and oxygen atoms in total. The van der Waals surface area contributed by atoms with Gasteiger partial charge < -0.3 is 4.74 Å². The molecule has 1 aromatic carbocycles. The summed E-state index contributed by atoms with van der Waals surface area (Å²) in [6.45, 7) is 0. The Labute approximate surface area is 108 Å². The fourth-order valence-electron chi connectivity index (χ4n) is 2.28. The molecule has 0 unspecified atom stereocenters. The van der Waals surface area contributed by atoms with Crippen molar-refractivity contribution < 1.29 is 22.7 Å². The van der Waals surface area contributed by atoms with Gasteiger partial charge in [0.25, 0.3) is 0 Å². The maximum Gasteiger partial charge on any atom is 0.419 e. The Morgan fingerprint density at radius 1 is 1.37 bits per heavy atom. The number of aliphatic imine (C=N–C) groups is 1. The number of ether oxygens (including phenoxy) is 1. The lowest BCUT2D eigenvalue weighted by Gasteiger charge is -2.37. The third-order valence-electron chi connectivity index (χ3n) is 3.48. The van der Waals surface area contributed by atoms with Gasteiger partial charge in [-0.1, -0.05) is 6.07 Å². The summed E-state index contributed by atoms with van der Waals surface area (Å²) in [4.78, 5) is 14.1. The van der Waals surface area contributed by atoms with Gasteiger partial charge in [0.1, 0.15) is 5.75 Å². The Hall–Kier alpha value is -1.81. The second kappa shape index (κ2) is 4.70. The molecule has 0 amide bonds. The molecule has 1 aliphatic carbocycles. The number of hydrogen-bond acceptors (Lipinski definition) is 3. The number of nitrogens with zero attached hydrogens (tertiary/aromatic N) is 1. The van der Waals surface area contributed by atoms with Gasteiger partial charge in [-0.2, -0.15) is 18.2 Å². The highest BCUT2D eigenvalue weighted by atomic mass is 19.4. The van der Waals surface area contributed by atoms with E-state index in [1.807, 2.05) is 0 Å². The summed E-state index contributed by atoms with van der Waals surface area (Å²) < 4.78 is 43.5. The highest BCUT2D eigenvalue weighted by Crippen LogP contribution is 2.47. The Morgan fingerprint density at radius 2 is 2.05 bits per heavy atom. The van der Waals surface area contributed by atoms with E-state index in [-0.39, 0.29) is 5.75 Å². The molecule has 1 saturated carbocycles. The van der Waals surface area contributed by atoms with E-state index in [4.69, 9.17) is 4.74 Å². The molecule has 0 saturated heterocycles. The number of alkyl halides is 3. The van der Waals surface area contributed by atoms with Gasteiger partial charge >= 0.3 is 6.18 Å². The summed E-state index contributed by atoms with van der Waals surface area (Å²) in [5, 5.41) is 0. The van der Waals surface area contributed by atoms with Crippen LogP contribution in [0.5, 0.6) is 5.75 Å². The molecule has 1 fully saturated rings. The van der Waals surface area contributed by atoms with Crippen molar-refractivity contribution in [1.29, 1.82) is 0 Å². The molecule has 0 N–H and O–H groups in total. The fraction of sp³-hybridized carbons (Fsp3) is 0.462. The normalized spacial score (nSPS) is 17.3. The van der Waals surface area contributed by atoms with E-state index in [1.54, 1.807) is 0 Å². The summed E-state index contributed by atoms with van der Waals surface area (Å²) in [7, 11) is 1.19. The lowest BCUT2D eigenvalue weighted by molar-refractivity contribution is -0.138. The molecule has 0 spiro atoms. The van der Waals surface area contributed by atoms with E-state index >= 15 is 0 Å². The van der Waals surface area contributed by atoms with Crippen molar-refractivity contribution >= 4 is 6.08 Å². The maximum absolute atomic E-state index is 12.9. The zero-order valence-electron chi connectivity index (χ0n) is 10.3. The van der Waals surface area contributed by atoms with Crippen LogP contribution in [0.15, 0.2) is 23.2 Å². The first-order valence-corrected chi connectivity index (χ1v) is 5.78.